The number of ether oxygens (including phenoxy) is 3. The Morgan fingerprint density at radius 3 is 2.40 bits per heavy atom. The molecule has 0 radical (unpaired) electrons. The summed E-state index contributed by atoms with van der Waals surface area (Å²) in [6.45, 7) is 11.4. The second kappa shape index (κ2) is 15.0. The Morgan fingerprint density at radius 2 is 1.77 bits per heavy atom. The largest absolute Gasteiger partial charge is 0.496 e. The first-order valence-corrected chi connectivity index (χ1v) is 20.0. The highest BCUT2D eigenvalue weighted by Gasteiger charge is 2.61. The molecule has 4 aliphatic rings. The Morgan fingerprint density at radius 1 is 1.06 bits per heavy atom. The zero-order chi connectivity index (χ0) is 38.3. The van der Waals surface area contributed by atoms with Gasteiger partial charge < -0.3 is 19.1 Å². The maximum atomic E-state index is 14.6. The fraction of sp³-hybridized carbons (Fsp3) is 0.615. The number of carbonyl (C=O) groups is 4. The molecule has 0 unspecified atom stereocenters. The summed E-state index contributed by atoms with van der Waals surface area (Å²) in [5.41, 5.74) is -0.512. The number of allylic oxidation sites excluding steroid dienone is 1. The summed E-state index contributed by atoms with van der Waals surface area (Å²) in [7, 11) is -2.79. The number of pyridine rings is 1. The highest BCUT2D eigenvalue weighted by atomic mass is 32.2. The van der Waals surface area contributed by atoms with E-state index in [9.17, 15) is 27.6 Å². The number of aromatic nitrogens is 1. The number of methoxy groups -OCH3 is 1. The van der Waals surface area contributed by atoms with Crippen LogP contribution in [0.2, 0.25) is 0 Å². The molecular formula is C39H51N3O10S. The summed E-state index contributed by atoms with van der Waals surface area (Å²) >= 11 is 0. The van der Waals surface area contributed by atoms with Gasteiger partial charge in [0.05, 0.1) is 49.1 Å². The number of aryl methyl sites for hydroxylation is 1. The molecule has 3 saturated carbocycles. The van der Waals surface area contributed by atoms with Gasteiger partial charge in [-0.1, -0.05) is 26.8 Å². The average Bonchev–Trinajstić information content (AvgIpc) is 3.92. The highest BCUT2D eigenvalue weighted by Crippen LogP contribution is 2.57. The number of hydrogen-bond donors (Lipinski definition) is 1. The van der Waals surface area contributed by atoms with E-state index in [-0.39, 0.29) is 44.2 Å². The maximum Gasteiger partial charge on any atom is 0.362 e. The molecule has 13 nitrogen and oxygen atoms in total. The minimum absolute atomic E-state index is 0.0478. The lowest BCUT2D eigenvalue weighted by atomic mass is 9.77. The van der Waals surface area contributed by atoms with Crippen LogP contribution in [-0.2, 0) is 38.4 Å². The molecule has 288 valence electrons. The summed E-state index contributed by atoms with van der Waals surface area (Å²) in [6.07, 6.45) is 6.53. The van der Waals surface area contributed by atoms with Crippen LogP contribution in [0.4, 0.5) is 0 Å². The van der Waals surface area contributed by atoms with Gasteiger partial charge in [0.25, 0.3) is 0 Å². The molecule has 0 spiro atoms. The number of ketones is 1. The van der Waals surface area contributed by atoms with Crippen molar-refractivity contribution < 1.29 is 46.0 Å². The van der Waals surface area contributed by atoms with Crippen LogP contribution in [0.15, 0.2) is 37.1 Å². The van der Waals surface area contributed by atoms with Gasteiger partial charge in [0.15, 0.2) is 5.78 Å². The van der Waals surface area contributed by atoms with Crippen LogP contribution in [0.3, 0.4) is 0 Å². The van der Waals surface area contributed by atoms with Gasteiger partial charge in [0.2, 0.25) is 11.8 Å². The van der Waals surface area contributed by atoms with Crippen LogP contribution < -0.4 is 14.2 Å². The minimum atomic E-state index is -4.37. The van der Waals surface area contributed by atoms with Crippen molar-refractivity contribution in [2.24, 2.45) is 22.7 Å². The SMILES string of the molecule is C=C[C@@H]1C[C@]1(CC(=O)[C@@H]1C[C@@H](Oc2ccnc3c(C)c(OC)ccc23)CN1C(=O)[C@@H](CC(=O)OC1CCCC1)C(C)(C)C)C(=O)NS(=O)(=O)OC1CC1. The lowest BCUT2D eigenvalue weighted by molar-refractivity contribution is -0.156. The van der Waals surface area contributed by atoms with Crippen molar-refractivity contribution in [1.82, 2.24) is 14.6 Å². The number of Topliss-reactive ketones (excluding diaryl/α,β-unsaturated/α-hetero) is 1. The molecule has 1 saturated heterocycles. The molecule has 0 bridgehead atoms. The van der Waals surface area contributed by atoms with Crippen molar-refractivity contribution in [3.05, 3.63) is 42.6 Å². The lowest BCUT2D eigenvalue weighted by Crippen LogP contribution is -2.48. The van der Waals surface area contributed by atoms with Crippen molar-refractivity contribution in [2.45, 2.75) is 116 Å². The smallest absolute Gasteiger partial charge is 0.362 e. The van der Waals surface area contributed by atoms with Gasteiger partial charge in [0.1, 0.15) is 23.7 Å². The molecule has 1 aromatic heterocycles. The van der Waals surface area contributed by atoms with Crippen LogP contribution >= 0.6 is 0 Å². The normalized spacial score (nSPS) is 25.2. The van der Waals surface area contributed by atoms with Gasteiger partial charge >= 0.3 is 16.3 Å². The summed E-state index contributed by atoms with van der Waals surface area (Å²) in [6, 6.07) is 4.40. The second-order valence-electron chi connectivity index (χ2n) is 16.1. The Kier molecular flexibility index (Phi) is 10.9. The molecule has 4 fully saturated rings. The van der Waals surface area contributed by atoms with Crippen LogP contribution in [0.25, 0.3) is 10.9 Å². The summed E-state index contributed by atoms with van der Waals surface area (Å²) in [4.78, 5) is 61.8. The Balaban J connectivity index is 1.27. The van der Waals surface area contributed by atoms with Gasteiger partial charge in [-0.05, 0) is 81.4 Å². The number of likely N-dealkylation sites (tertiary alicyclic amines) is 1. The number of rotatable bonds is 15. The van der Waals surface area contributed by atoms with Crippen molar-refractivity contribution in [2.75, 3.05) is 13.7 Å². The molecule has 3 aliphatic carbocycles. The first-order valence-electron chi connectivity index (χ1n) is 18.5. The monoisotopic (exact) mass is 753 g/mol. The summed E-state index contributed by atoms with van der Waals surface area (Å²) in [5, 5.41) is 0.734. The molecule has 2 aromatic rings. The van der Waals surface area contributed by atoms with Crippen LogP contribution in [0.1, 0.15) is 90.5 Å². The predicted molar refractivity (Wildman–Crippen MR) is 195 cm³/mol. The van der Waals surface area contributed by atoms with E-state index < -0.39 is 68.9 Å². The molecular weight excluding hydrogens is 703 g/mol. The van der Waals surface area contributed by atoms with Gasteiger partial charge in [-0.2, -0.15) is 8.42 Å². The van der Waals surface area contributed by atoms with Crippen LogP contribution in [0.5, 0.6) is 11.5 Å². The molecule has 5 atom stereocenters. The molecule has 14 heteroatoms. The summed E-state index contributed by atoms with van der Waals surface area (Å²) < 4.78 is 50.0. The van der Waals surface area contributed by atoms with Crippen molar-refractivity contribution in [3.63, 3.8) is 0 Å². The zero-order valence-corrected chi connectivity index (χ0v) is 32.0. The van der Waals surface area contributed by atoms with Crippen molar-refractivity contribution >= 4 is 44.8 Å². The quantitative estimate of drug-likeness (QED) is 0.189. The molecule has 1 aromatic carbocycles. The average molecular weight is 754 g/mol. The Bertz CT molecular complexity index is 1880. The first-order chi connectivity index (χ1) is 25.0. The van der Waals surface area contributed by atoms with Gasteiger partial charge in [-0.3, -0.25) is 28.3 Å². The second-order valence-corrected chi connectivity index (χ2v) is 17.4. The van der Waals surface area contributed by atoms with E-state index in [0.29, 0.717) is 29.9 Å². The number of esters is 1. The number of hydrogen-bond acceptors (Lipinski definition) is 11. The third-order valence-electron chi connectivity index (χ3n) is 11.2. The minimum Gasteiger partial charge on any atom is -0.496 e. The molecule has 53 heavy (non-hydrogen) atoms. The van der Waals surface area contributed by atoms with Gasteiger partial charge in [0, 0.05) is 30.0 Å². The molecule has 6 rings (SSSR count). The molecule has 1 N–H and O–H groups in total. The number of nitrogens with zero attached hydrogens (tertiary/aromatic N) is 2. The van der Waals surface area contributed by atoms with E-state index in [1.807, 2.05) is 44.5 Å². The van der Waals surface area contributed by atoms with E-state index >= 15 is 0 Å². The molecule has 2 amide bonds. The highest BCUT2D eigenvalue weighted by molar-refractivity contribution is 7.85. The standard InChI is InChI=1S/C39H51N3O10S/c1-7-24-20-39(24,37(46)41-53(47,48)52-26-12-13-26)21-31(43)30-18-27(50-33-16-17-40-35-23(2)32(49-6)15-14-28(33)35)22-42(30)36(45)29(38(3,4)5)19-34(44)51-25-10-8-9-11-25/h7,14-17,24-27,29-30H,1,8-13,18-22H2,2-6H3,(H,41,46)/t24-,27-,29-,30+,39-/m1/s1. The Labute approximate surface area is 311 Å². The predicted octanol–water partition coefficient (Wildman–Crippen LogP) is 5.13. The first kappa shape index (κ1) is 38.7. The number of benzene rings is 1. The van der Waals surface area contributed by atoms with Gasteiger partial charge in [-0.15, -0.1) is 6.58 Å². The number of carbonyl (C=O) groups excluding carboxylic acids is 4. The lowest BCUT2D eigenvalue weighted by Gasteiger charge is -2.35. The van der Waals surface area contributed by atoms with Crippen LogP contribution in [-0.4, -0.2) is 79.9 Å². The zero-order valence-electron chi connectivity index (χ0n) is 31.2. The molecule has 1 aliphatic heterocycles. The number of nitrogens with one attached hydrogen (secondary N) is 1. The number of fused-ring (bicyclic) bond motifs is 1. The van der Waals surface area contributed by atoms with E-state index in [1.54, 1.807) is 25.4 Å². The van der Waals surface area contributed by atoms with Crippen molar-refractivity contribution in [3.8, 4) is 11.5 Å². The third kappa shape index (κ3) is 8.53. The Hall–Kier alpha value is -4.04. The van der Waals surface area contributed by atoms with E-state index in [1.165, 1.54) is 4.90 Å². The third-order valence-corrected chi connectivity index (χ3v) is 12.1. The van der Waals surface area contributed by atoms with Crippen molar-refractivity contribution in [1.29, 1.82) is 0 Å². The van der Waals surface area contributed by atoms with Crippen LogP contribution in [0, 0.1) is 29.6 Å². The topological polar surface area (TPSA) is 168 Å². The fourth-order valence-electron chi connectivity index (χ4n) is 7.82. The van der Waals surface area contributed by atoms with Gasteiger partial charge in [-0.25, -0.2) is 4.72 Å². The molecule has 2 heterocycles. The van der Waals surface area contributed by atoms with E-state index in [0.717, 1.165) is 36.6 Å². The number of amides is 2. The fourth-order valence-corrected chi connectivity index (χ4v) is 8.85. The maximum absolute atomic E-state index is 14.6. The van der Waals surface area contributed by atoms with E-state index in [4.69, 9.17) is 18.4 Å². The summed E-state index contributed by atoms with van der Waals surface area (Å²) in [5.74, 6) is -2.16. The van der Waals surface area contributed by atoms with E-state index in [2.05, 4.69) is 11.6 Å².